The fourth-order valence-electron chi connectivity index (χ4n) is 5.93. The van der Waals surface area contributed by atoms with Gasteiger partial charge in [-0.1, -0.05) is 49.4 Å². The Balaban J connectivity index is 1.11. The van der Waals surface area contributed by atoms with Gasteiger partial charge in [0.25, 0.3) is 0 Å². The summed E-state index contributed by atoms with van der Waals surface area (Å²) in [7, 11) is 0. The third-order valence-electron chi connectivity index (χ3n) is 9.22. The van der Waals surface area contributed by atoms with Gasteiger partial charge in [0.2, 0.25) is 5.91 Å². The molecular weight excluding hydrogens is 717 g/mol. The van der Waals surface area contributed by atoms with E-state index in [1.54, 1.807) is 23.5 Å². The maximum absolute atomic E-state index is 10.8. The van der Waals surface area contributed by atoms with Crippen molar-refractivity contribution in [1.82, 2.24) is 30.3 Å². The fraction of sp³-hybridized carbons (Fsp3) is 0.463. The number of thiophene rings is 1. The van der Waals surface area contributed by atoms with Crippen LogP contribution in [0.3, 0.4) is 0 Å². The molecule has 3 aromatic heterocycles. The number of fused-ring (bicyclic) bond motifs is 1. The van der Waals surface area contributed by atoms with E-state index in [1.807, 2.05) is 36.0 Å². The molecule has 2 atom stereocenters. The zero-order valence-corrected chi connectivity index (χ0v) is 33.2. The number of rotatable bonds is 24. The van der Waals surface area contributed by atoms with E-state index in [0.29, 0.717) is 70.9 Å². The number of phenolic OH excluding ortho intramolecular Hbond substituents is 1. The van der Waals surface area contributed by atoms with Crippen LogP contribution in [-0.4, -0.2) is 94.9 Å². The van der Waals surface area contributed by atoms with Gasteiger partial charge in [-0.25, -0.2) is 14.6 Å². The molecule has 3 heterocycles. The molecule has 55 heavy (non-hydrogen) atoms. The third-order valence-corrected chi connectivity index (χ3v) is 10.2. The molecule has 0 bridgehead atoms. The average Bonchev–Trinajstić information content (AvgIpc) is 3.84. The van der Waals surface area contributed by atoms with E-state index < -0.39 is 0 Å². The number of benzene rings is 2. The molecule has 0 fully saturated rings. The highest BCUT2D eigenvalue weighted by molar-refractivity contribution is 7.17. The van der Waals surface area contributed by atoms with Crippen LogP contribution >= 0.6 is 11.3 Å². The SMILES string of the molecule is CCC(C=Nc1c(C)nc(-c2csc3ccccc23)nc1NCCc1ccc(O)cc1)CCC(C)c1cn(CCOCCOCCOCCNC(C)=O)nn1. The van der Waals surface area contributed by atoms with Crippen molar-refractivity contribution < 1.29 is 24.1 Å². The van der Waals surface area contributed by atoms with Crippen molar-refractivity contribution in [2.24, 2.45) is 10.9 Å². The predicted molar refractivity (Wildman–Crippen MR) is 219 cm³/mol. The second-order valence-corrected chi connectivity index (χ2v) is 14.4. The number of carbonyl (C=O) groups excluding carboxylic acids is 1. The molecule has 5 rings (SSSR count). The number of aliphatic imine (C=N–C) groups is 1. The standard InChI is InChI=1S/C41H54N8O5S/c1-5-32(11-10-29(2)37-27-49(48-47-37)19-21-53-23-25-54-24-22-52-20-18-42-31(4)50)26-44-39-30(3)45-40(36-28-55-38-9-7-6-8-35(36)38)46-41(39)43-17-16-33-12-14-34(51)15-13-33/h6-9,12-15,26-29,32,51H,5,10-11,16-25H2,1-4H3,(H,42,50)(H,43,45,46). The minimum atomic E-state index is -0.0624. The highest BCUT2D eigenvalue weighted by Crippen LogP contribution is 2.35. The summed E-state index contributed by atoms with van der Waals surface area (Å²) in [5, 5.41) is 28.0. The van der Waals surface area contributed by atoms with Crippen LogP contribution in [0.5, 0.6) is 5.75 Å². The van der Waals surface area contributed by atoms with E-state index in [1.165, 1.54) is 11.6 Å². The Morgan fingerprint density at radius 2 is 1.73 bits per heavy atom. The van der Waals surface area contributed by atoms with Gasteiger partial charge >= 0.3 is 0 Å². The van der Waals surface area contributed by atoms with Crippen molar-refractivity contribution in [3.63, 3.8) is 0 Å². The normalized spacial score (nSPS) is 12.7. The second-order valence-electron chi connectivity index (χ2n) is 13.5. The molecule has 5 aromatic rings. The van der Waals surface area contributed by atoms with Crippen LogP contribution in [0.15, 0.2) is 65.1 Å². The van der Waals surface area contributed by atoms with Crippen LogP contribution in [0.4, 0.5) is 11.5 Å². The van der Waals surface area contributed by atoms with Crippen molar-refractivity contribution in [1.29, 1.82) is 0 Å². The number of nitrogens with one attached hydrogen (secondary N) is 2. The number of aromatic nitrogens is 5. The molecule has 0 saturated heterocycles. The predicted octanol–water partition coefficient (Wildman–Crippen LogP) is 7.12. The average molecular weight is 771 g/mol. The zero-order chi connectivity index (χ0) is 38.8. The largest absolute Gasteiger partial charge is 0.508 e. The number of nitrogens with zero attached hydrogens (tertiary/aromatic N) is 6. The molecule has 0 aliphatic rings. The van der Waals surface area contributed by atoms with Crippen LogP contribution in [0.1, 0.15) is 62.9 Å². The maximum Gasteiger partial charge on any atom is 0.216 e. The van der Waals surface area contributed by atoms with Gasteiger partial charge in [0, 0.05) is 59.4 Å². The highest BCUT2D eigenvalue weighted by atomic mass is 32.1. The molecule has 2 aromatic carbocycles. The molecule has 0 radical (unpaired) electrons. The Hall–Kier alpha value is -4.76. The number of anilines is 1. The topological polar surface area (TPSA) is 158 Å². The molecule has 0 aliphatic carbocycles. The van der Waals surface area contributed by atoms with Crippen molar-refractivity contribution >= 4 is 45.0 Å². The van der Waals surface area contributed by atoms with E-state index >= 15 is 0 Å². The van der Waals surface area contributed by atoms with Crippen molar-refractivity contribution in [2.75, 3.05) is 58.0 Å². The van der Waals surface area contributed by atoms with E-state index in [-0.39, 0.29) is 23.5 Å². The summed E-state index contributed by atoms with van der Waals surface area (Å²) >= 11 is 1.69. The Morgan fingerprint density at radius 3 is 2.49 bits per heavy atom. The summed E-state index contributed by atoms with van der Waals surface area (Å²) in [4.78, 5) is 25.8. The Labute approximate surface area is 327 Å². The number of carbonyl (C=O) groups is 1. The number of amides is 1. The smallest absolute Gasteiger partial charge is 0.216 e. The van der Waals surface area contributed by atoms with Crippen LogP contribution in [0.25, 0.3) is 21.5 Å². The summed E-state index contributed by atoms with van der Waals surface area (Å²) < 4.78 is 19.7. The molecule has 0 spiro atoms. The van der Waals surface area contributed by atoms with Crippen molar-refractivity contribution in [3.05, 3.63) is 77.1 Å². The fourth-order valence-corrected chi connectivity index (χ4v) is 6.87. The van der Waals surface area contributed by atoms with Gasteiger partial charge < -0.3 is 30.0 Å². The molecule has 294 valence electrons. The summed E-state index contributed by atoms with van der Waals surface area (Å²) in [6.45, 7) is 12.6. The number of hydrogen-bond acceptors (Lipinski definition) is 12. The van der Waals surface area contributed by atoms with Crippen LogP contribution in [-0.2, 0) is 32.0 Å². The van der Waals surface area contributed by atoms with Crippen molar-refractivity contribution in [2.45, 2.75) is 65.8 Å². The highest BCUT2D eigenvalue weighted by Gasteiger charge is 2.17. The van der Waals surface area contributed by atoms with Crippen LogP contribution < -0.4 is 10.6 Å². The second kappa shape index (κ2) is 22.0. The first-order chi connectivity index (χ1) is 26.8. The third kappa shape index (κ3) is 13.2. The molecule has 14 heteroatoms. The lowest BCUT2D eigenvalue weighted by Gasteiger charge is -2.15. The molecular formula is C41H54N8O5S. The monoisotopic (exact) mass is 770 g/mol. The summed E-state index contributed by atoms with van der Waals surface area (Å²) in [5.41, 5.74) is 4.68. The lowest BCUT2D eigenvalue weighted by Crippen LogP contribution is -2.25. The molecule has 0 aliphatic heterocycles. The number of ether oxygens (including phenoxy) is 3. The minimum absolute atomic E-state index is 0.0624. The first-order valence-electron chi connectivity index (χ1n) is 19.1. The van der Waals surface area contributed by atoms with Gasteiger partial charge in [0.05, 0.1) is 57.6 Å². The summed E-state index contributed by atoms with van der Waals surface area (Å²) in [6.07, 6.45) is 7.70. The number of hydrogen-bond donors (Lipinski definition) is 3. The number of aryl methyl sites for hydroxylation is 1. The van der Waals surface area contributed by atoms with Crippen LogP contribution in [0.2, 0.25) is 0 Å². The van der Waals surface area contributed by atoms with Gasteiger partial charge in [0.1, 0.15) is 11.4 Å². The summed E-state index contributed by atoms with van der Waals surface area (Å²) in [5.74, 6) is 2.11. The van der Waals surface area contributed by atoms with E-state index in [9.17, 15) is 9.90 Å². The first-order valence-corrected chi connectivity index (χ1v) is 20.0. The van der Waals surface area contributed by atoms with Crippen LogP contribution in [0, 0.1) is 12.8 Å². The quantitative estimate of drug-likeness (QED) is 0.0436. The lowest BCUT2D eigenvalue weighted by atomic mass is 9.94. The van der Waals surface area contributed by atoms with E-state index in [4.69, 9.17) is 29.2 Å². The Morgan fingerprint density at radius 1 is 0.982 bits per heavy atom. The molecule has 3 N–H and O–H groups in total. The maximum atomic E-state index is 10.8. The van der Waals surface area contributed by atoms with Gasteiger partial charge in [0.15, 0.2) is 11.6 Å². The first kappa shape index (κ1) is 41.4. The number of aromatic hydroxyl groups is 1. The van der Waals surface area contributed by atoms with Gasteiger partial charge in [-0.2, -0.15) is 0 Å². The van der Waals surface area contributed by atoms with E-state index in [2.05, 4.69) is 64.6 Å². The minimum Gasteiger partial charge on any atom is -0.508 e. The number of phenols is 1. The zero-order valence-electron chi connectivity index (χ0n) is 32.4. The Kier molecular flexibility index (Phi) is 16.5. The Bertz CT molecular complexity index is 1950. The van der Waals surface area contributed by atoms with Gasteiger partial charge in [-0.3, -0.25) is 9.79 Å². The summed E-state index contributed by atoms with van der Waals surface area (Å²) in [6, 6.07) is 15.6. The molecule has 13 nitrogen and oxygen atoms in total. The molecule has 0 saturated carbocycles. The van der Waals surface area contributed by atoms with Crippen molar-refractivity contribution in [3.8, 4) is 17.1 Å². The van der Waals surface area contributed by atoms with Gasteiger partial charge in [-0.05, 0) is 62.3 Å². The molecule has 2 unspecified atom stereocenters. The van der Waals surface area contributed by atoms with E-state index in [0.717, 1.165) is 59.3 Å². The lowest BCUT2D eigenvalue weighted by molar-refractivity contribution is -0.119. The van der Waals surface area contributed by atoms with Gasteiger partial charge in [-0.15, -0.1) is 16.4 Å². The molecule has 1 amide bonds.